The van der Waals surface area contributed by atoms with Gasteiger partial charge >= 0.3 is 11.9 Å². The summed E-state index contributed by atoms with van der Waals surface area (Å²) in [5, 5.41) is 0. The molecule has 0 aromatic heterocycles. The second kappa shape index (κ2) is 7.31. The van der Waals surface area contributed by atoms with Gasteiger partial charge in [-0.1, -0.05) is 60.7 Å². The SMILES string of the molecule is CCOC(=O)C1=C2N(Cc3ccccc3)CC(c3ccccc3)N2C(=O)C1=O. The summed E-state index contributed by atoms with van der Waals surface area (Å²) in [6.45, 7) is 2.79. The first-order valence-electron chi connectivity index (χ1n) is 9.25. The average Bonchev–Trinajstić information content (AvgIpc) is 3.20. The summed E-state index contributed by atoms with van der Waals surface area (Å²) in [5.41, 5.74) is 1.78. The fraction of sp³-hybridized carbons (Fsp3) is 0.227. The van der Waals surface area contributed by atoms with Crippen LogP contribution >= 0.6 is 0 Å². The number of ether oxygens (including phenoxy) is 1. The molecular weight excluding hydrogens is 356 g/mol. The Morgan fingerprint density at radius 3 is 2.32 bits per heavy atom. The van der Waals surface area contributed by atoms with Gasteiger partial charge in [0.05, 0.1) is 12.6 Å². The molecule has 1 unspecified atom stereocenters. The van der Waals surface area contributed by atoms with Crippen molar-refractivity contribution < 1.29 is 19.1 Å². The molecule has 0 saturated carbocycles. The number of nitrogens with zero attached hydrogens (tertiary/aromatic N) is 2. The Labute approximate surface area is 163 Å². The third kappa shape index (κ3) is 2.97. The number of esters is 1. The minimum atomic E-state index is -0.799. The number of hydrogen-bond donors (Lipinski definition) is 0. The largest absolute Gasteiger partial charge is 0.462 e. The number of rotatable bonds is 5. The van der Waals surface area contributed by atoms with Gasteiger partial charge in [0.1, 0.15) is 5.82 Å². The maximum absolute atomic E-state index is 12.8. The summed E-state index contributed by atoms with van der Waals surface area (Å²) in [4.78, 5) is 41.3. The smallest absolute Gasteiger partial charge is 0.346 e. The Kier molecular flexibility index (Phi) is 4.69. The highest BCUT2D eigenvalue weighted by Crippen LogP contribution is 2.41. The lowest BCUT2D eigenvalue weighted by atomic mass is 10.1. The van der Waals surface area contributed by atoms with Gasteiger partial charge in [0.25, 0.3) is 5.78 Å². The van der Waals surface area contributed by atoms with Crippen LogP contribution in [-0.4, -0.2) is 40.6 Å². The topological polar surface area (TPSA) is 66.9 Å². The first-order chi connectivity index (χ1) is 13.6. The van der Waals surface area contributed by atoms with E-state index in [1.165, 1.54) is 4.90 Å². The van der Waals surface area contributed by atoms with Crippen LogP contribution in [0.5, 0.6) is 0 Å². The summed E-state index contributed by atoms with van der Waals surface area (Å²) in [6, 6.07) is 19.0. The predicted molar refractivity (Wildman–Crippen MR) is 102 cm³/mol. The fourth-order valence-corrected chi connectivity index (χ4v) is 3.77. The van der Waals surface area contributed by atoms with Gasteiger partial charge in [-0.15, -0.1) is 0 Å². The number of ketones is 1. The highest BCUT2D eigenvalue weighted by molar-refractivity contribution is 6.51. The average molecular weight is 376 g/mol. The molecule has 142 valence electrons. The van der Waals surface area contributed by atoms with Crippen LogP contribution in [0.3, 0.4) is 0 Å². The lowest BCUT2D eigenvalue weighted by Crippen LogP contribution is -2.30. The first-order valence-corrected chi connectivity index (χ1v) is 9.25. The number of carbonyl (C=O) groups is 3. The van der Waals surface area contributed by atoms with E-state index in [1.54, 1.807) is 6.92 Å². The van der Waals surface area contributed by atoms with Gasteiger partial charge in [0.15, 0.2) is 5.57 Å². The molecule has 1 saturated heterocycles. The quantitative estimate of drug-likeness (QED) is 0.456. The van der Waals surface area contributed by atoms with Crippen LogP contribution < -0.4 is 0 Å². The number of hydrogen-bond acceptors (Lipinski definition) is 5. The molecule has 0 spiro atoms. The van der Waals surface area contributed by atoms with Gasteiger partial charge in [-0.3, -0.25) is 14.5 Å². The predicted octanol–water partition coefficient (Wildman–Crippen LogP) is 2.43. The molecule has 2 heterocycles. The molecule has 0 N–H and O–H groups in total. The fourth-order valence-electron chi connectivity index (χ4n) is 3.77. The third-order valence-electron chi connectivity index (χ3n) is 4.98. The molecule has 6 nitrogen and oxygen atoms in total. The van der Waals surface area contributed by atoms with E-state index in [9.17, 15) is 14.4 Å². The Bertz CT molecular complexity index is 953. The highest BCUT2D eigenvalue weighted by atomic mass is 16.5. The van der Waals surface area contributed by atoms with Crippen LogP contribution in [0.4, 0.5) is 0 Å². The van der Waals surface area contributed by atoms with Crippen molar-refractivity contribution in [2.45, 2.75) is 19.5 Å². The van der Waals surface area contributed by atoms with E-state index in [4.69, 9.17) is 4.74 Å². The Morgan fingerprint density at radius 2 is 1.68 bits per heavy atom. The molecule has 6 heteroatoms. The number of amides is 1. The van der Waals surface area contributed by atoms with Crippen LogP contribution in [0.2, 0.25) is 0 Å². The normalized spacial score (nSPS) is 18.7. The number of carbonyl (C=O) groups excluding carboxylic acids is 3. The molecule has 2 aliphatic heterocycles. The van der Waals surface area contributed by atoms with Crippen molar-refractivity contribution in [3.8, 4) is 0 Å². The zero-order chi connectivity index (χ0) is 19.7. The zero-order valence-corrected chi connectivity index (χ0v) is 15.5. The van der Waals surface area contributed by atoms with E-state index < -0.39 is 17.7 Å². The minimum Gasteiger partial charge on any atom is -0.462 e. The molecule has 4 rings (SSSR count). The molecule has 2 aromatic rings. The Hall–Kier alpha value is -3.41. The molecule has 0 radical (unpaired) electrons. The van der Waals surface area contributed by atoms with E-state index >= 15 is 0 Å². The standard InChI is InChI=1S/C22H20N2O4/c1-2-28-22(27)18-19(25)21(26)24-17(16-11-7-4-8-12-16)14-23(20(18)24)13-15-9-5-3-6-10-15/h3-12,17H,2,13-14H2,1H3. The van der Waals surface area contributed by atoms with E-state index in [2.05, 4.69) is 0 Å². The molecule has 1 atom stereocenters. The second-order valence-electron chi connectivity index (χ2n) is 6.72. The third-order valence-corrected chi connectivity index (χ3v) is 4.98. The Morgan fingerprint density at radius 1 is 1.04 bits per heavy atom. The van der Waals surface area contributed by atoms with Gasteiger partial charge < -0.3 is 9.64 Å². The van der Waals surface area contributed by atoms with E-state index in [-0.39, 0.29) is 18.2 Å². The maximum Gasteiger partial charge on any atom is 0.346 e. The molecule has 0 bridgehead atoms. The molecule has 1 fully saturated rings. The molecule has 2 aromatic carbocycles. The molecule has 2 aliphatic rings. The monoisotopic (exact) mass is 376 g/mol. The number of benzene rings is 2. The van der Waals surface area contributed by atoms with Crippen LogP contribution in [-0.2, 0) is 25.7 Å². The van der Waals surface area contributed by atoms with E-state index in [0.29, 0.717) is 18.9 Å². The number of Topliss-reactive ketones (excluding diaryl/α,β-unsaturated/α-hetero) is 1. The van der Waals surface area contributed by atoms with Gasteiger partial charge in [-0.2, -0.15) is 0 Å². The van der Waals surface area contributed by atoms with Gasteiger partial charge in [0.2, 0.25) is 0 Å². The van der Waals surface area contributed by atoms with Crippen LogP contribution in [0.15, 0.2) is 72.1 Å². The molecule has 28 heavy (non-hydrogen) atoms. The van der Waals surface area contributed by atoms with E-state index in [0.717, 1.165) is 11.1 Å². The lowest BCUT2D eigenvalue weighted by molar-refractivity contribution is -0.144. The van der Waals surface area contributed by atoms with Gasteiger partial charge in [0, 0.05) is 13.1 Å². The van der Waals surface area contributed by atoms with Crippen LogP contribution in [0, 0.1) is 0 Å². The van der Waals surface area contributed by atoms with Crippen molar-refractivity contribution in [3.63, 3.8) is 0 Å². The van der Waals surface area contributed by atoms with E-state index in [1.807, 2.05) is 65.6 Å². The Balaban J connectivity index is 1.79. The summed E-state index contributed by atoms with van der Waals surface area (Å²) in [6.07, 6.45) is 0. The van der Waals surface area contributed by atoms with Crippen molar-refractivity contribution >= 4 is 17.7 Å². The van der Waals surface area contributed by atoms with Crippen molar-refractivity contribution in [2.24, 2.45) is 0 Å². The minimum absolute atomic E-state index is 0.137. The second-order valence-corrected chi connectivity index (χ2v) is 6.72. The van der Waals surface area contributed by atoms with Crippen molar-refractivity contribution in [1.82, 2.24) is 9.80 Å². The summed E-state index contributed by atoms with van der Waals surface area (Å²) < 4.78 is 5.07. The molecule has 1 amide bonds. The van der Waals surface area contributed by atoms with Gasteiger partial charge in [-0.05, 0) is 18.1 Å². The zero-order valence-electron chi connectivity index (χ0n) is 15.5. The highest BCUT2D eigenvalue weighted by Gasteiger charge is 2.52. The van der Waals surface area contributed by atoms with Crippen molar-refractivity contribution in [1.29, 1.82) is 0 Å². The lowest BCUT2D eigenvalue weighted by Gasteiger charge is -2.20. The van der Waals surface area contributed by atoms with Gasteiger partial charge in [-0.25, -0.2) is 4.79 Å². The summed E-state index contributed by atoms with van der Waals surface area (Å²) >= 11 is 0. The van der Waals surface area contributed by atoms with Crippen LogP contribution in [0.1, 0.15) is 24.1 Å². The van der Waals surface area contributed by atoms with Crippen LogP contribution in [0.25, 0.3) is 0 Å². The maximum atomic E-state index is 12.8. The molecular formula is C22H20N2O4. The summed E-state index contributed by atoms with van der Waals surface area (Å²) in [7, 11) is 0. The first kappa shape index (κ1) is 18.0. The summed E-state index contributed by atoms with van der Waals surface area (Å²) in [5.74, 6) is -1.87. The number of fused-ring (bicyclic) bond motifs is 1. The van der Waals surface area contributed by atoms with Crippen molar-refractivity contribution in [2.75, 3.05) is 13.2 Å². The van der Waals surface area contributed by atoms with Crippen molar-refractivity contribution in [3.05, 3.63) is 83.2 Å². The molecule has 0 aliphatic carbocycles.